The van der Waals surface area contributed by atoms with Crippen LogP contribution >= 0.6 is 0 Å². The minimum absolute atomic E-state index is 0.00524. The van der Waals surface area contributed by atoms with E-state index in [0.717, 1.165) is 18.4 Å². The molecule has 0 bridgehead atoms. The summed E-state index contributed by atoms with van der Waals surface area (Å²) in [4.78, 5) is 14.4. The molecular weight excluding hydrogens is 234 g/mol. The number of hydrogen-bond acceptors (Lipinski definition) is 2. The fourth-order valence-electron chi connectivity index (χ4n) is 2.34. The lowest BCUT2D eigenvalue weighted by Crippen LogP contribution is -1.95. The zero-order valence-corrected chi connectivity index (χ0v) is 12.0. The van der Waals surface area contributed by atoms with Crippen LogP contribution in [0, 0.1) is 0 Å². The predicted octanol–water partition coefficient (Wildman–Crippen LogP) is 5.20. The molecule has 0 saturated carbocycles. The molecule has 0 radical (unpaired) electrons. The normalized spacial score (nSPS) is 11.8. The molecule has 2 nitrogen and oxygen atoms in total. The van der Waals surface area contributed by atoms with E-state index in [1.165, 1.54) is 38.5 Å². The van der Waals surface area contributed by atoms with E-state index < -0.39 is 0 Å². The number of carbonyl (C=O) groups excluding carboxylic acids is 1. The first-order valence-electron chi connectivity index (χ1n) is 7.50. The average Bonchev–Trinajstić information content (AvgIpc) is 2.46. The molecule has 0 spiro atoms. The summed E-state index contributed by atoms with van der Waals surface area (Å²) in [5, 5.41) is 0. The molecule has 1 atom stereocenters. The van der Waals surface area contributed by atoms with Crippen LogP contribution in [0.2, 0.25) is 0 Å². The fraction of sp³-hybridized carbons (Fsp3) is 0.588. The Hall–Kier alpha value is -1.40. The molecule has 1 aromatic rings. The summed E-state index contributed by atoms with van der Waals surface area (Å²) in [7, 11) is 0. The summed E-state index contributed by atoms with van der Waals surface area (Å²) in [5.41, 5.74) is 1.12. The third-order valence-corrected chi connectivity index (χ3v) is 3.47. The molecule has 1 unspecified atom stereocenters. The van der Waals surface area contributed by atoms with Crippen molar-refractivity contribution in [2.45, 2.75) is 64.3 Å². The zero-order chi connectivity index (χ0) is 13.8. The molecule has 1 rings (SSSR count). The van der Waals surface area contributed by atoms with E-state index in [-0.39, 0.29) is 6.04 Å². The van der Waals surface area contributed by atoms with Gasteiger partial charge in [-0.3, -0.25) is 0 Å². The standard InChI is InChI=1S/C17H25NO/c1-2-3-4-5-6-7-11-14-17(18-15-19)16-12-9-8-10-13-16/h8-10,12-13,17H,2-7,11,14H2,1H3. The van der Waals surface area contributed by atoms with E-state index in [0.29, 0.717) is 0 Å². The van der Waals surface area contributed by atoms with E-state index >= 15 is 0 Å². The van der Waals surface area contributed by atoms with Gasteiger partial charge in [0.15, 0.2) is 0 Å². The van der Waals surface area contributed by atoms with Crippen LogP contribution in [-0.2, 0) is 4.79 Å². The summed E-state index contributed by atoms with van der Waals surface area (Å²) < 4.78 is 0. The lowest BCUT2D eigenvalue weighted by atomic mass is 10.00. The van der Waals surface area contributed by atoms with E-state index in [1.807, 2.05) is 30.3 Å². The van der Waals surface area contributed by atoms with Crippen LogP contribution in [0.1, 0.15) is 69.9 Å². The summed E-state index contributed by atoms with van der Waals surface area (Å²) in [5.74, 6) is 0. The SMILES string of the molecule is CCCCCCCCCC(N=C=O)c1ccccc1. The summed E-state index contributed by atoms with van der Waals surface area (Å²) in [6, 6.07) is 10.0. The van der Waals surface area contributed by atoms with Crippen molar-refractivity contribution in [1.29, 1.82) is 0 Å². The van der Waals surface area contributed by atoms with E-state index in [2.05, 4.69) is 11.9 Å². The highest BCUT2D eigenvalue weighted by molar-refractivity contribution is 5.35. The first-order chi connectivity index (χ1) is 9.38. The van der Waals surface area contributed by atoms with Crippen molar-refractivity contribution in [3.05, 3.63) is 35.9 Å². The Bertz CT molecular complexity index is 368. The lowest BCUT2D eigenvalue weighted by molar-refractivity contribution is 0.529. The number of aliphatic imine (C=N–C) groups is 1. The Morgan fingerprint density at radius 3 is 2.26 bits per heavy atom. The molecule has 0 heterocycles. The van der Waals surface area contributed by atoms with Crippen LogP contribution in [0.5, 0.6) is 0 Å². The lowest BCUT2D eigenvalue weighted by Gasteiger charge is -2.10. The molecule has 2 heteroatoms. The van der Waals surface area contributed by atoms with Gasteiger partial charge in [-0.1, -0.05) is 82.2 Å². The maximum atomic E-state index is 10.5. The monoisotopic (exact) mass is 259 g/mol. The van der Waals surface area contributed by atoms with Gasteiger partial charge in [-0.15, -0.1) is 0 Å². The second-order valence-corrected chi connectivity index (χ2v) is 5.06. The Morgan fingerprint density at radius 2 is 1.63 bits per heavy atom. The van der Waals surface area contributed by atoms with Gasteiger partial charge in [0.25, 0.3) is 0 Å². The smallest absolute Gasteiger partial charge is 0.211 e. The van der Waals surface area contributed by atoms with Crippen LogP contribution in [0.25, 0.3) is 0 Å². The summed E-state index contributed by atoms with van der Waals surface area (Å²) >= 11 is 0. The second kappa shape index (κ2) is 10.5. The highest BCUT2D eigenvalue weighted by Gasteiger charge is 2.08. The quantitative estimate of drug-likeness (QED) is 0.322. The molecule has 0 fully saturated rings. The van der Waals surface area contributed by atoms with Crippen LogP contribution < -0.4 is 0 Å². The van der Waals surface area contributed by atoms with Crippen molar-refractivity contribution in [3.8, 4) is 0 Å². The molecule has 19 heavy (non-hydrogen) atoms. The summed E-state index contributed by atoms with van der Waals surface area (Å²) in [6.45, 7) is 2.24. The van der Waals surface area contributed by atoms with Gasteiger partial charge in [0.1, 0.15) is 0 Å². The van der Waals surface area contributed by atoms with Crippen molar-refractivity contribution >= 4 is 6.08 Å². The molecular formula is C17H25NO. The van der Waals surface area contributed by atoms with Gasteiger partial charge in [-0.05, 0) is 12.0 Å². The minimum atomic E-state index is -0.00524. The Balaban J connectivity index is 2.26. The largest absolute Gasteiger partial charge is 0.235 e. The van der Waals surface area contributed by atoms with Gasteiger partial charge in [-0.2, -0.15) is 4.99 Å². The van der Waals surface area contributed by atoms with Crippen molar-refractivity contribution in [2.75, 3.05) is 0 Å². The Morgan fingerprint density at radius 1 is 1.00 bits per heavy atom. The van der Waals surface area contributed by atoms with Gasteiger partial charge in [0, 0.05) is 0 Å². The first kappa shape index (κ1) is 15.7. The summed E-state index contributed by atoms with van der Waals surface area (Å²) in [6.07, 6.45) is 11.7. The van der Waals surface area contributed by atoms with E-state index in [4.69, 9.17) is 0 Å². The van der Waals surface area contributed by atoms with Crippen LogP contribution in [0.15, 0.2) is 35.3 Å². The van der Waals surface area contributed by atoms with Gasteiger partial charge < -0.3 is 0 Å². The molecule has 0 aliphatic heterocycles. The second-order valence-electron chi connectivity index (χ2n) is 5.06. The fourth-order valence-corrected chi connectivity index (χ4v) is 2.34. The van der Waals surface area contributed by atoms with Crippen molar-refractivity contribution in [2.24, 2.45) is 4.99 Å². The highest BCUT2D eigenvalue weighted by atomic mass is 16.1. The molecule has 104 valence electrons. The van der Waals surface area contributed by atoms with Crippen molar-refractivity contribution < 1.29 is 4.79 Å². The number of unbranched alkanes of at least 4 members (excludes halogenated alkanes) is 6. The highest BCUT2D eigenvalue weighted by Crippen LogP contribution is 2.23. The van der Waals surface area contributed by atoms with E-state index in [1.54, 1.807) is 6.08 Å². The third kappa shape index (κ3) is 6.93. The predicted molar refractivity (Wildman–Crippen MR) is 79.9 cm³/mol. The van der Waals surface area contributed by atoms with E-state index in [9.17, 15) is 4.79 Å². The number of benzene rings is 1. The molecule has 0 aromatic heterocycles. The number of rotatable bonds is 10. The van der Waals surface area contributed by atoms with Gasteiger partial charge in [0.2, 0.25) is 6.08 Å². The van der Waals surface area contributed by atoms with Crippen LogP contribution in [0.4, 0.5) is 0 Å². The molecule has 1 aromatic carbocycles. The van der Waals surface area contributed by atoms with Crippen molar-refractivity contribution in [3.63, 3.8) is 0 Å². The van der Waals surface area contributed by atoms with Crippen molar-refractivity contribution in [1.82, 2.24) is 0 Å². The Labute approximate surface area is 117 Å². The van der Waals surface area contributed by atoms with Gasteiger partial charge in [-0.25, -0.2) is 4.79 Å². The molecule has 0 saturated heterocycles. The minimum Gasteiger partial charge on any atom is -0.211 e. The topological polar surface area (TPSA) is 29.4 Å². The number of isocyanates is 1. The van der Waals surface area contributed by atoms with Crippen LogP contribution in [-0.4, -0.2) is 6.08 Å². The molecule has 0 aliphatic rings. The number of hydrogen-bond donors (Lipinski definition) is 0. The number of nitrogens with zero attached hydrogens (tertiary/aromatic N) is 1. The molecule has 0 amide bonds. The third-order valence-electron chi connectivity index (χ3n) is 3.47. The average molecular weight is 259 g/mol. The zero-order valence-electron chi connectivity index (χ0n) is 12.0. The molecule has 0 aliphatic carbocycles. The maximum absolute atomic E-state index is 10.5. The Kier molecular flexibility index (Phi) is 8.67. The van der Waals surface area contributed by atoms with Gasteiger partial charge >= 0.3 is 0 Å². The molecule has 0 N–H and O–H groups in total. The van der Waals surface area contributed by atoms with Gasteiger partial charge in [0.05, 0.1) is 6.04 Å². The maximum Gasteiger partial charge on any atom is 0.235 e. The first-order valence-corrected chi connectivity index (χ1v) is 7.50. The van der Waals surface area contributed by atoms with Crippen LogP contribution in [0.3, 0.4) is 0 Å².